The Balaban J connectivity index is 3.13. The number of anilines is 2. The van der Waals surface area contributed by atoms with Crippen LogP contribution in [0.15, 0.2) is 60.3 Å². The number of benzene rings is 1. The number of nitrogens with one attached hydrogen (secondary N) is 1. The van der Waals surface area contributed by atoms with Crippen LogP contribution in [-0.4, -0.2) is 13.0 Å². The van der Waals surface area contributed by atoms with Gasteiger partial charge in [-0.15, -0.1) is 0 Å². The van der Waals surface area contributed by atoms with Crippen LogP contribution in [-0.2, 0) is 4.79 Å². The van der Waals surface area contributed by atoms with Gasteiger partial charge in [0, 0.05) is 12.7 Å². The molecule has 1 rings (SSSR count). The molecule has 1 N–H and O–H groups in total. The van der Waals surface area contributed by atoms with Gasteiger partial charge < -0.3 is 10.2 Å². The number of carbonyl (C=O) groups is 1. The second-order valence-corrected chi connectivity index (χ2v) is 4.33. The maximum atomic E-state index is 11.7. The van der Waals surface area contributed by atoms with Gasteiger partial charge in [0.2, 0.25) is 5.91 Å². The number of hydrogen-bond donors (Lipinski definition) is 1. The SMILES string of the molecule is C=CC(=O)N(C)c1ccccc1N/C(C)=C(\Cl)C=C. The van der Waals surface area contributed by atoms with Crippen molar-refractivity contribution in [2.45, 2.75) is 6.92 Å². The van der Waals surface area contributed by atoms with E-state index in [4.69, 9.17) is 11.6 Å². The van der Waals surface area contributed by atoms with Crippen LogP contribution in [0.25, 0.3) is 0 Å². The van der Waals surface area contributed by atoms with E-state index in [1.807, 2.05) is 31.2 Å². The van der Waals surface area contributed by atoms with Crippen molar-refractivity contribution < 1.29 is 4.79 Å². The molecular formula is C15H17ClN2O. The second kappa shape index (κ2) is 6.81. The molecule has 0 heterocycles. The summed E-state index contributed by atoms with van der Waals surface area (Å²) in [5.74, 6) is -0.175. The lowest BCUT2D eigenvalue weighted by molar-refractivity contribution is -0.113. The molecule has 1 aromatic carbocycles. The summed E-state index contributed by atoms with van der Waals surface area (Å²) in [4.78, 5) is 13.2. The third-order valence-corrected chi connectivity index (χ3v) is 3.07. The fourth-order valence-corrected chi connectivity index (χ4v) is 1.59. The summed E-state index contributed by atoms with van der Waals surface area (Å²) in [6, 6.07) is 7.46. The van der Waals surface area contributed by atoms with Crippen molar-refractivity contribution in [3.05, 3.63) is 60.3 Å². The van der Waals surface area contributed by atoms with Crippen molar-refractivity contribution in [1.82, 2.24) is 0 Å². The number of hydrogen-bond acceptors (Lipinski definition) is 2. The molecule has 0 aliphatic carbocycles. The molecule has 0 aromatic heterocycles. The van der Waals surface area contributed by atoms with E-state index in [-0.39, 0.29) is 5.91 Å². The van der Waals surface area contributed by atoms with E-state index in [1.165, 1.54) is 11.0 Å². The van der Waals surface area contributed by atoms with Crippen molar-refractivity contribution in [2.24, 2.45) is 0 Å². The Bertz CT molecular complexity index is 535. The lowest BCUT2D eigenvalue weighted by Crippen LogP contribution is -2.24. The standard InChI is InChI=1S/C15H17ClN2O/c1-5-12(16)11(3)17-13-9-7-8-10-14(13)18(4)15(19)6-2/h5-10,17H,1-2H2,3-4H3/b12-11-. The minimum absolute atomic E-state index is 0.175. The number of allylic oxidation sites excluding steroid dienone is 3. The molecule has 0 aliphatic rings. The molecule has 3 nitrogen and oxygen atoms in total. The quantitative estimate of drug-likeness (QED) is 0.653. The largest absolute Gasteiger partial charge is 0.356 e. The molecule has 0 saturated heterocycles. The molecule has 0 saturated carbocycles. The summed E-state index contributed by atoms with van der Waals surface area (Å²) in [6.45, 7) is 8.94. The molecule has 4 heteroatoms. The number of halogens is 1. The van der Waals surface area contributed by atoms with Gasteiger partial charge in [0.05, 0.1) is 16.4 Å². The maximum absolute atomic E-state index is 11.7. The van der Waals surface area contributed by atoms with Crippen molar-refractivity contribution in [3.8, 4) is 0 Å². The highest BCUT2D eigenvalue weighted by Crippen LogP contribution is 2.27. The van der Waals surface area contributed by atoms with Gasteiger partial charge in [-0.25, -0.2) is 0 Å². The smallest absolute Gasteiger partial charge is 0.250 e. The minimum atomic E-state index is -0.175. The van der Waals surface area contributed by atoms with Gasteiger partial charge >= 0.3 is 0 Å². The van der Waals surface area contributed by atoms with Gasteiger partial charge in [-0.2, -0.15) is 0 Å². The fraction of sp³-hybridized carbons (Fsp3) is 0.133. The first kappa shape index (κ1) is 15.1. The Hall–Kier alpha value is -2.00. The number of amides is 1. The summed E-state index contributed by atoms with van der Waals surface area (Å²) in [7, 11) is 1.69. The van der Waals surface area contributed by atoms with E-state index in [0.29, 0.717) is 5.03 Å². The number of para-hydroxylation sites is 2. The highest BCUT2D eigenvalue weighted by molar-refractivity contribution is 6.31. The molecule has 1 amide bonds. The Morgan fingerprint density at radius 2 is 1.95 bits per heavy atom. The first-order chi connectivity index (χ1) is 9.01. The average molecular weight is 277 g/mol. The first-order valence-electron chi connectivity index (χ1n) is 5.76. The van der Waals surface area contributed by atoms with Crippen LogP contribution in [0.1, 0.15) is 6.92 Å². The van der Waals surface area contributed by atoms with Crippen LogP contribution in [0.2, 0.25) is 0 Å². The van der Waals surface area contributed by atoms with Crippen molar-refractivity contribution in [3.63, 3.8) is 0 Å². The molecule has 0 fully saturated rings. The van der Waals surface area contributed by atoms with Gasteiger partial charge in [-0.05, 0) is 31.2 Å². The highest BCUT2D eigenvalue weighted by Gasteiger charge is 2.11. The Kier molecular flexibility index (Phi) is 5.39. The topological polar surface area (TPSA) is 32.3 Å². The Morgan fingerprint density at radius 1 is 1.32 bits per heavy atom. The summed E-state index contributed by atoms with van der Waals surface area (Å²) in [6.07, 6.45) is 2.83. The van der Waals surface area contributed by atoms with Crippen LogP contribution in [0.3, 0.4) is 0 Å². The van der Waals surface area contributed by atoms with Crippen LogP contribution in [0.5, 0.6) is 0 Å². The lowest BCUT2D eigenvalue weighted by Gasteiger charge is -2.20. The Morgan fingerprint density at radius 3 is 2.53 bits per heavy atom. The third kappa shape index (κ3) is 3.73. The van der Waals surface area contributed by atoms with Gasteiger partial charge in [-0.3, -0.25) is 4.79 Å². The van der Waals surface area contributed by atoms with E-state index in [1.54, 1.807) is 13.1 Å². The zero-order chi connectivity index (χ0) is 14.4. The molecule has 0 radical (unpaired) electrons. The summed E-state index contributed by atoms with van der Waals surface area (Å²) < 4.78 is 0. The monoisotopic (exact) mass is 276 g/mol. The van der Waals surface area contributed by atoms with Crippen molar-refractivity contribution in [2.75, 3.05) is 17.3 Å². The number of nitrogens with zero attached hydrogens (tertiary/aromatic N) is 1. The van der Waals surface area contributed by atoms with Crippen molar-refractivity contribution >= 4 is 28.9 Å². The molecule has 100 valence electrons. The van der Waals surface area contributed by atoms with Gasteiger partial charge in [0.25, 0.3) is 0 Å². The van der Waals surface area contributed by atoms with Gasteiger partial charge in [0.1, 0.15) is 0 Å². The molecule has 0 spiro atoms. The van der Waals surface area contributed by atoms with Crippen LogP contribution < -0.4 is 10.2 Å². The zero-order valence-corrected chi connectivity index (χ0v) is 11.9. The number of likely N-dealkylation sites (N-methyl/N-ethyl adjacent to an activating group) is 1. The molecule has 19 heavy (non-hydrogen) atoms. The summed E-state index contributed by atoms with van der Waals surface area (Å²) in [5, 5.41) is 3.70. The fourth-order valence-electron chi connectivity index (χ4n) is 1.54. The van der Waals surface area contributed by atoms with Gasteiger partial charge in [0.15, 0.2) is 0 Å². The van der Waals surface area contributed by atoms with E-state index < -0.39 is 0 Å². The van der Waals surface area contributed by atoms with E-state index >= 15 is 0 Å². The molecule has 0 bridgehead atoms. The molecule has 0 aliphatic heterocycles. The molecule has 0 atom stereocenters. The van der Waals surface area contributed by atoms with E-state index in [9.17, 15) is 4.79 Å². The Labute approximate surface area is 118 Å². The lowest BCUT2D eigenvalue weighted by atomic mass is 10.2. The van der Waals surface area contributed by atoms with Crippen LogP contribution in [0.4, 0.5) is 11.4 Å². The maximum Gasteiger partial charge on any atom is 0.250 e. The van der Waals surface area contributed by atoms with Crippen LogP contribution >= 0.6 is 11.6 Å². The predicted octanol–water partition coefficient (Wildman–Crippen LogP) is 3.90. The normalized spacial score (nSPS) is 11.3. The minimum Gasteiger partial charge on any atom is -0.356 e. The van der Waals surface area contributed by atoms with Crippen LogP contribution in [0, 0.1) is 0 Å². The summed E-state index contributed by atoms with van der Waals surface area (Å²) >= 11 is 5.99. The van der Waals surface area contributed by atoms with E-state index in [0.717, 1.165) is 17.1 Å². The van der Waals surface area contributed by atoms with Gasteiger partial charge in [-0.1, -0.05) is 36.9 Å². The average Bonchev–Trinajstić information content (AvgIpc) is 2.45. The summed E-state index contributed by atoms with van der Waals surface area (Å²) in [5.41, 5.74) is 2.31. The number of carbonyl (C=O) groups excluding carboxylic acids is 1. The molecule has 1 aromatic rings. The molecule has 0 unspecified atom stereocenters. The second-order valence-electron chi connectivity index (χ2n) is 3.92. The predicted molar refractivity (Wildman–Crippen MR) is 82.4 cm³/mol. The first-order valence-corrected chi connectivity index (χ1v) is 6.14. The number of rotatable bonds is 5. The van der Waals surface area contributed by atoms with Crippen molar-refractivity contribution in [1.29, 1.82) is 0 Å². The third-order valence-electron chi connectivity index (χ3n) is 2.63. The molecular weight excluding hydrogens is 260 g/mol. The highest BCUT2D eigenvalue weighted by atomic mass is 35.5. The zero-order valence-electron chi connectivity index (χ0n) is 11.1. The van der Waals surface area contributed by atoms with E-state index in [2.05, 4.69) is 18.5 Å².